The summed E-state index contributed by atoms with van der Waals surface area (Å²) in [7, 11) is 0. The van der Waals surface area contributed by atoms with Gasteiger partial charge < -0.3 is 4.74 Å². The molecular formula is C24H34O2. The number of hydrogen-bond acceptors (Lipinski definition) is 2. The Labute approximate surface area is 159 Å². The highest BCUT2D eigenvalue weighted by Gasteiger charge is 2.48. The van der Waals surface area contributed by atoms with Crippen molar-refractivity contribution in [1.29, 1.82) is 0 Å². The summed E-state index contributed by atoms with van der Waals surface area (Å²) in [6, 6.07) is 8.34. The van der Waals surface area contributed by atoms with Gasteiger partial charge >= 0.3 is 5.97 Å². The minimum absolute atomic E-state index is 0.287. The molecular weight excluding hydrogens is 320 g/mol. The van der Waals surface area contributed by atoms with Crippen molar-refractivity contribution >= 4 is 5.97 Å². The first-order chi connectivity index (χ1) is 12.6. The zero-order valence-corrected chi connectivity index (χ0v) is 16.6. The molecule has 0 aliphatic heterocycles. The Morgan fingerprint density at radius 3 is 2.23 bits per heavy atom. The first-order valence-corrected chi connectivity index (χ1v) is 10.6. The van der Waals surface area contributed by atoms with Crippen LogP contribution in [0.2, 0.25) is 0 Å². The molecule has 3 fully saturated rings. The van der Waals surface area contributed by atoms with Crippen LogP contribution in [0.25, 0.3) is 0 Å². The number of allylic oxidation sites excluding steroid dienone is 1. The molecule has 0 saturated heterocycles. The number of unbranched alkanes of at least 4 members (excludes halogenated alkanes) is 2. The van der Waals surface area contributed by atoms with Crippen LogP contribution in [-0.4, -0.2) is 5.97 Å². The Morgan fingerprint density at radius 1 is 1.00 bits per heavy atom. The molecule has 3 saturated carbocycles. The third-order valence-corrected chi connectivity index (χ3v) is 6.89. The summed E-state index contributed by atoms with van der Waals surface area (Å²) in [6.07, 6.45) is 17.9. The predicted molar refractivity (Wildman–Crippen MR) is 107 cm³/mol. The lowest BCUT2D eigenvalue weighted by atomic mass is 9.51. The lowest BCUT2D eigenvalue weighted by Gasteiger charge is -2.54. The topological polar surface area (TPSA) is 26.3 Å². The van der Waals surface area contributed by atoms with Crippen molar-refractivity contribution in [3.05, 3.63) is 42.0 Å². The number of rotatable bonds is 8. The molecule has 0 N–H and O–H groups in total. The minimum Gasteiger partial charge on any atom is -0.423 e. The second-order valence-corrected chi connectivity index (χ2v) is 8.49. The lowest BCUT2D eigenvalue weighted by molar-refractivity contribution is -0.129. The smallest absolute Gasteiger partial charge is 0.335 e. The van der Waals surface area contributed by atoms with E-state index in [1.165, 1.54) is 75.8 Å². The Kier molecular flexibility index (Phi) is 6.21. The van der Waals surface area contributed by atoms with Gasteiger partial charge in [-0.25, -0.2) is 4.79 Å². The highest BCUT2D eigenvalue weighted by molar-refractivity contribution is 5.83. The molecule has 26 heavy (non-hydrogen) atoms. The zero-order chi connectivity index (χ0) is 18.5. The molecule has 3 aliphatic rings. The second kappa shape index (κ2) is 8.41. The van der Waals surface area contributed by atoms with E-state index < -0.39 is 0 Å². The van der Waals surface area contributed by atoms with Crippen molar-refractivity contribution in [1.82, 2.24) is 0 Å². The van der Waals surface area contributed by atoms with E-state index in [4.69, 9.17) is 4.74 Å². The first-order valence-electron chi connectivity index (χ1n) is 10.6. The fourth-order valence-electron chi connectivity index (χ4n) is 5.06. The van der Waals surface area contributed by atoms with Crippen LogP contribution in [0.4, 0.5) is 0 Å². The van der Waals surface area contributed by atoms with Gasteiger partial charge in [0.2, 0.25) is 0 Å². The second-order valence-electron chi connectivity index (χ2n) is 8.49. The Balaban J connectivity index is 1.60. The van der Waals surface area contributed by atoms with Crippen molar-refractivity contribution in [2.75, 3.05) is 0 Å². The van der Waals surface area contributed by atoms with Gasteiger partial charge in [0.25, 0.3) is 0 Å². The maximum absolute atomic E-state index is 11.7. The van der Waals surface area contributed by atoms with Crippen LogP contribution in [0.3, 0.4) is 0 Å². The van der Waals surface area contributed by atoms with Gasteiger partial charge in [0, 0.05) is 6.08 Å². The number of fused-ring (bicyclic) bond motifs is 3. The predicted octanol–water partition coefficient (Wildman–Crippen LogP) is 6.73. The van der Waals surface area contributed by atoms with Gasteiger partial charge in [-0.05, 0) is 79.9 Å². The summed E-state index contributed by atoms with van der Waals surface area (Å²) < 4.78 is 5.38. The first kappa shape index (κ1) is 19.2. The Morgan fingerprint density at radius 2 is 1.65 bits per heavy atom. The normalized spacial score (nSPS) is 27.8. The molecule has 4 rings (SSSR count). The summed E-state index contributed by atoms with van der Waals surface area (Å²) in [5.41, 5.74) is 2.47. The van der Waals surface area contributed by atoms with Crippen LogP contribution in [0.1, 0.15) is 90.0 Å². The van der Waals surface area contributed by atoms with Gasteiger partial charge in [-0.15, -0.1) is 0 Å². The maximum atomic E-state index is 11.7. The third-order valence-electron chi connectivity index (χ3n) is 6.89. The molecule has 0 radical (unpaired) electrons. The molecule has 0 aromatic heterocycles. The molecule has 0 unspecified atom stereocenters. The molecule has 3 aliphatic carbocycles. The van der Waals surface area contributed by atoms with Crippen LogP contribution in [0.5, 0.6) is 5.75 Å². The van der Waals surface area contributed by atoms with E-state index in [-0.39, 0.29) is 5.97 Å². The molecule has 2 heteroatoms. The van der Waals surface area contributed by atoms with Gasteiger partial charge in [-0.2, -0.15) is 0 Å². The van der Waals surface area contributed by atoms with E-state index in [2.05, 4.69) is 19.1 Å². The molecule has 1 aromatic carbocycles. The third kappa shape index (κ3) is 4.22. The number of carbonyl (C=O) groups excluding carboxylic acids is 1. The highest BCUT2D eigenvalue weighted by atomic mass is 16.5. The SMILES string of the molecule is CC/C=C/C(=O)Oc1ccc(C23CCC(CCCCC)(CC2)CC3)cc1. The summed E-state index contributed by atoms with van der Waals surface area (Å²) in [5.74, 6) is 0.362. The van der Waals surface area contributed by atoms with Crippen LogP contribution in [0.15, 0.2) is 36.4 Å². The Bertz CT molecular complexity index is 602. The molecule has 142 valence electrons. The van der Waals surface area contributed by atoms with Gasteiger partial charge in [-0.3, -0.25) is 0 Å². The van der Waals surface area contributed by atoms with Crippen LogP contribution in [0, 0.1) is 5.41 Å². The van der Waals surface area contributed by atoms with E-state index in [0.717, 1.165) is 6.42 Å². The number of ether oxygens (including phenoxy) is 1. The van der Waals surface area contributed by atoms with E-state index >= 15 is 0 Å². The van der Waals surface area contributed by atoms with Crippen molar-refractivity contribution in [3.63, 3.8) is 0 Å². The molecule has 0 heterocycles. The summed E-state index contributed by atoms with van der Waals surface area (Å²) in [6.45, 7) is 4.30. The van der Waals surface area contributed by atoms with Gasteiger partial charge in [0.05, 0.1) is 0 Å². The van der Waals surface area contributed by atoms with Crippen LogP contribution >= 0.6 is 0 Å². The fourth-order valence-corrected chi connectivity index (χ4v) is 5.06. The lowest BCUT2D eigenvalue weighted by Crippen LogP contribution is -2.44. The number of esters is 1. The molecule has 1 aromatic rings. The zero-order valence-electron chi connectivity index (χ0n) is 16.6. The Hall–Kier alpha value is -1.57. The van der Waals surface area contributed by atoms with E-state index in [1.807, 2.05) is 25.1 Å². The van der Waals surface area contributed by atoms with Crippen molar-refractivity contribution < 1.29 is 9.53 Å². The number of hydrogen-bond donors (Lipinski definition) is 0. The van der Waals surface area contributed by atoms with Crippen LogP contribution in [-0.2, 0) is 10.2 Å². The molecule has 0 atom stereocenters. The molecule has 2 bridgehead atoms. The van der Waals surface area contributed by atoms with Crippen molar-refractivity contribution in [3.8, 4) is 5.75 Å². The highest BCUT2D eigenvalue weighted by Crippen LogP contribution is 2.59. The standard InChI is InChI=1S/C24H34O2/c1-3-5-7-13-23-14-17-24(18-15-23,19-16-23)20-9-11-21(12-10-20)26-22(25)8-6-4-2/h6,8-12H,3-5,7,13-19H2,1-2H3/b8-6+. The van der Waals surface area contributed by atoms with Crippen molar-refractivity contribution in [2.45, 2.75) is 89.9 Å². The van der Waals surface area contributed by atoms with Gasteiger partial charge in [0.1, 0.15) is 5.75 Å². The van der Waals surface area contributed by atoms with Crippen molar-refractivity contribution in [2.24, 2.45) is 5.41 Å². The fraction of sp³-hybridized carbons (Fsp3) is 0.625. The quantitative estimate of drug-likeness (QED) is 0.224. The number of carbonyl (C=O) groups is 1. The van der Waals surface area contributed by atoms with E-state index in [0.29, 0.717) is 16.6 Å². The van der Waals surface area contributed by atoms with Gasteiger partial charge in [0.15, 0.2) is 0 Å². The average Bonchev–Trinajstić information content (AvgIpc) is 2.68. The number of benzene rings is 1. The summed E-state index contributed by atoms with van der Waals surface area (Å²) >= 11 is 0. The maximum Gasteiger partial charge on any atom is 0.335 e. The largest absolute Gasteiger partial charge is 0.423 e. The van der Waals surface area contributed by atoms with Crippen LogP contribution < -0.4 is 4.74 Å². The molecule has 0 amide bonds. The summed E-state index contributed by atoms with van der Waals surface area (Å²) in [5, 5.41) is 0. The molecule has 2 nitrogen and oxygen atoms in total. The van der Waals surface area contributed by atoms with E-state index in [9.17, 15) is 4.79 Å². The minimum atomic E-state index is -0.287. The average molecular weight is 355 g/mol. The monoisotopic (exact) mass is 354 g/mol. The van der Waals surface area contributed by atoms with E-state index in [1.54, 1.807) is 0 Å². The van der Waals surface area contributed by atoms with Gasteiger partial charge in [-0.1, -0.05) is 51.3 Å². The molecule has 0 spiro atoms. The summed E-state index contributed by atoms with van der Waals surface area (Å²) in [4.78, 5) is 11.7.